The highest BCUT2D eigenvalue weighted by Gasteiger charge is 2.37. The molecule has 0 bridgehead atoms. The van der Waals surface area contributed by atoms with Crippen molar-refractivity contribution in [1.29, 1.82) is 0 Å². The molecule has 0 saturated carbocycles. The number of piperazine rings is 1. The number of hydrogen-bond donors (Lipinski definition) is 3. The van der Waals surface area contributed by atoms with E-state index in [2.05, 4.69) is 20.7 Å². The summed E-state index contributed by atoms with van der Waals surface area (Å²) in [4.78, 5) is 16.6. The molecule has 15 heteroatoms. The molecule has 1 aliphatic rings. The molecule has 0 aliphatic carbocycles. The van der Waals surface area contributed by atoms with Crippen molar-refractivity contribution in [3.05, 3.63) is 47.1 Å². The number of anilines is 1. The minimum atomic E-state index is -4.66. The number of carbonyl (C=O) groups is 1. The number of sulfonamides is 1. The lowest BCUT2D eigenvalue weighted by Crippen LogP contribution is -2.46. The van der Waals surface area contributed by atoms with Crippen molar-refractivity contribution < 1.29 is 26.4 Å². The summed E-state index contributed by atoms with van der Waals surface area (Å²) in [5.41, 5.74) is -1.09. The molecular formula is C19H19ClF3N7O3S. The molecule has 4 rings (SSSR count). The van der Waals surface area contributed by atoms with Crippen LogP contribution < -0.4 is 10.6 Å². The zero-order chi connectivity index (χ0) is 24.7. The van der Waals surface area contributed by atoms with Gasteiger partial charge in [-0.2, -0.15) is 22.6 Å². The van der Waals surface area contributed by atoms with Gasteiger partial charge in [-0.15, -0.1) is 0 Å². The molecule has 10 nitrogen and oxygen atoms in total. The fourth-order valence-electron chi connectivity index (χ4n) is 3.57. The fraction of sp³-hybridized carbons (Fsp3) is 0.316. The lowest BCUT2D eigenvalue weighted by Gasteiger charge is -2.27. The maximum absolute atomic E-state index is 13.2. The van der Waals surface area contributed by atoms with E-state index in [1.54, 1.807) is 0 Å². The number of nitrogens with zero attached hydrogens (tertiary/aromatic N) is 4. The van der Waals surface area contributed by atoms with E-state index < -0.39 is 27.8 Å². The van der Waals surface area contributed by atoms with Crippen LogP contribution in [-0.4, -0.2) is 64.6 Å². The molecule has 3 N–H and O–H groups in total. The Labute approximate surface area is 197 Å². The second-order valence-electron chi connectivity index (χ2n) is 7.44. The third-order valence-corrected chi connectivity index (χ3v) is 7.66. The van der Waals surface area contributed by atoms with Gasteiger partial charge in [0.2, 0.25) is 10.0 Å². The predicted molar refractivity (Wildman–Crippen MR) is 117 cm³/mol. The first-order valence-corrected chi connectivity index (χ1v) is 11.8. The van der Waals surface area contributed by atoms with Gasteiger partial charge in [-0.25, -0.2) is 13.4 Å². The number of carbonyl (C=O) groups excluding carboxylic acids is 1. The molecular weight excluding hydrogens is 499 g/mol. The molecule has 1 saturated heterocycles. The Balaban J connectivity index is 1.55. The van der Waals surface area contributed by atoms with Gasteiger partial charge in [-0.05, 0) is 18.2 Å². The van der Waals surface area contributed by atoms with E-state index in [1.165, 1.54) is 34.1 Å². The van der Waals surface area contributed by atoms with Gasteiger partial charge in [-0.1, -0.05) is 11.6 Å². The molecule has 182 valence electrons. The fourth-order valence-corrected chi connectivity index (χ4v) is 5.53. The van der Waals surface area contributed by atoms with Crippen LogP contribution in [0.5, 0.6) is 0 Å². The van der Waals surface area contributed by atoms with Gasteiger partial charge in [0.1, 0.15) is 10.6 Å². The molecule has 0 radical (unpaired) electrons. The number of halogens is 4. The Hall–Kier alpha value is -2.94. The number of aromatic nitrogens is 4. The Bertz CT molecular complexity index is 1330. The van der Waals surface area contributed by atoms with Crippen LogP contribution in [0.25, 0.3) is 11.3 Å². The van der Waals surface area contributed by atoms with E-state index in [9.17, 15) is 26.4 Å². The van der Waals surface area contributed by atoms with E-state index >= 15 is 0 Å². The van der Waals surface area contributed by atoms with E-state index in [-0.39, 0.29) is 32.7 Å². The van der Waals surface area contributed by atoms with Crippen LogP contribution in [0.4, 0.5) is 18.9 Å². The molecule has 1 amide bonds. The first-order valence-electron chi connectivity index (χ1n) is 9.94. The largest absolute Gasteiger partial charge is 0.433 e. The maximum Gasteiger partial charge on any atom is 0.433 e. The predicted octanol–water partition coefficient (Wildman–Crippen LogP) is 2.33. The van der Waals surface area contributed by atoms with Crippen molar-refractivity contribution in [1.82, 2.24) is 29.4 Å². The number of aromatic amines is 1. The third kappa shape index (κ3) is 4.53. The van der Waals surface area contributed by atoms with Gasteiger partial charge in [0, 0.05) is 38.9 Å². The molecule has 1 aliphatic heterocycles. The van der Waals surface area contributed by atoms with Gasteiger partial charge < -0.3 is 15.2 Å². The Morgan fingerprint density at radius 3 is 2.56 bits per heavy atom. The van der Waals surface area contributed by atoms with E-state index in [0.29, 0.717) is 26.2 Å². The Morgan fingerprint density at radius 1 is 1.21 bits per heavy atom. The maximum atomic E-state index is 13.2. The van der Waals surface area contributed by atoms with Crippen LogP contribution in [0.1, 0.15) is 16.3 Å². The SMILES string of the molecule is Cn1c(-c2cn[nH]c2C(F)(F)F)cnc1C(=O)Nc1ccc(S(=O)(=O)N2CCNCC2)c(Cl)c1. The second kappa shape index (κ2) is 9.02. The zero-order valence-electron chi connectivity index (χ0n) is 17.6. The van der Waals surface area contributed by atoms with Crippen molar-refractivity contribution >= 4 is 33.2 Å². The summed E-state index contributed by atoms with van der Waals surface area (Å²) in [6, 6.07) is 3.96. The number of hydrogen-bond acceptors (Lipinski definition) is 6. The molecule has 3 heterocycles. The quantitative estimate of drug-likeness (QED) is 0.477. The number of amides is 1. The topological polar surface area (TPSA) is 125 Å². The van der Waals surface area contributed by atoms with Gasteiger partial charge in [0.15, 0.2) is 5.82 Å². The number of benzene rings is 1. The normalized spacial score (nSPS) is 15.4. The highest BCUT2D eigenvalue weighted by molar-refractivity contribution is 7.89. The molecule has 2 aromatic heterocycles. The molecule has 1 fully saturated rings. The minimum absolute atomic E-state index is 0.0294. The molecule has 0 unspecified atom stereocenters. The van der Waals surface area contributed by atoms with Crippen LogP contribution in [0.15, 0.2) is 35.5 Å². The van der Waals surface area contributed by atoms with E-state index in [1.807, 2.05) is 5.10 Å². The van der Waals surface area contributed by atoms with Crippen LogP contribution in [0, 0.1) is 0 Å². The monoisotopic (exact) mass is 517 g/mol. The smallest absolute Gasteiger partial charge is 0.323 e. The van der Waals surface area contributed by atoms with E-state index in [4.69, 9.17) is 11.6 Å². The minimum Gasteiger partial charge on any atom is -0.323 e. The van der Waals surface area contributed by atoms with Crippen LogP contribution in [0.3, 0.4) is 0 Å². The average molecular weight is 518 g/mol. The Kier molecular flexibility index (Phi) is 6.42. The molecule has 1 aromatic carbocycles. The van der Waals surface area contributed by atoms with Crippen molar-refractivity contribution in [2.75, 3.05) is 31.5 Å². The number of nitrogens with one attached hydrogen (secondary N) is 3. The first kappa shape index (κ1) is 24.2. The summed E-state index contributed by atoms with van der Waals surface area (Å²) in [7, 11) is -2.41. The lowest BCUT2D eigenvalue weighted by molar-refractivity contribution is -0.140. The van der Waals surface area contributed by atoms with Crippen LogP contribution in [-0.2, 0) is 23.2 Å². The molecule has 34 heavy (non-hydrogen) atoms. The van der Waals surface area contributed by atoms with Gasteiger partial charge >= 0.3 is 6.18 Å². The summed E-state index contributed by atoms with van der Waals surface area (Å²) in [5.74, 6) is -0.891. The van der Waals surface area contributed by atoms with Gasteiger partial charge in [-0.3, -0.25) is 9.89 Å². The first-order chi connectivity index (χ1) is 16.0. The summed E-state index contributed by atoms with van der Waals surface area (Å²) in [5, 5.41) is 10.9. The summed E-state index contributed by atoms with van der Waals surface area (Å²) in [6.07, 6.45) is -2.54. The van der Waals surface area contributed by atoms with Crippen LogP contribution in [0.2, 0.25) is 5.02 Å². The summed E-state index contributed by atoms with van der Waals surface area (Å²) < 4.78 is 67.8. The third-order valence-electron chi connectivity index (χ3n) is 5.27. The van der Waals surface area contributed by atoms with Crippen molar-refractivity contribution in [3.63, 3.8) is 0 Å². The standard InChI is InChI=1S/C19H19ClF3N7O3S/c1-29-14(12-9-26-28-16(12)19(21,22)23)10-25-17(29)18(31)27-11-2-3-15(13(20)8-11)34(32,33)30-6-4-24-5-7-30/h2-3,8-10,24H,4-7H2,1H3,(H,26,28)(H,27,31). The number of alkyl halides is 3. The summed E-state index contributed by atoms with van der Waals surface area (Å²) >= 11 is 6.22. The number of H-pyrrole nitrogens is 1. The second-order valence-corrected chi connectivity index (χ2v) is 9.75. The summed E-state index contributed by atoms with van der Waals surface area (Å²) in [6.45, 7) is 1.68. The number of imidazole rings is 1. The van der Waals surface area contributed by atoms with Crippen molar-refractivity contribution in [2.45, 2.75) is 11.1 Å². The van der Waals surface area contributed by atoms with Crippen molar-refractivity contribution in [3.8, 4) is 11.3 Å². The van der Waals surface area contributed by atoms with Gasteiger partial charge in [0.25, 0.3) is 5.91 Å². The molecule has 3 aromatic rings. The molecule has 0 spiro atoms. The van der Waals surface area contributed by atoms with E-state index in [0.717, 1.165) is 12.4 Å². The highest BCUT2D eigenvalue weighted by Crippen LogP contribution is 2.35. The highest BCUT2D eigenvalue weighted by atomic mass is 35.5. The zero-order valence-corrected chi connectivity index (χ0v) is 19.2. The van der Waals surface area contributed by atoms with Crippen LogP contribution >= 0.6 is 11.6 Å². The lowest BCUT2D eigenvalue weighted by atomic mass is 10.2. The molecule has 0 atom stereocenters. The average Bonchev–Trinajstić information content (AvgIpc) is 3.40. The van der Waals surface area contributed by atoms with Gasteiger partial charge in [0.05, 0.1) is 28.7 Å². The number of rotatable bonds is 5. The Morgan fingerprint density at radius 2 is 1.91 bits per heavy atom. The van der Waals surface area contributed by atoms with Crippen molar-refractivity contribution in [2.24, 2.45) is 7.05 Å².